The summed E-state index contributed by atoms with van der Waals surface area (Å²) in [7, 11) is 0. The quantitative estimate of drug-likeness (QED) is 0.506. The minimum Gasteiger partial charge on any atom is -0.493 e. The van der Waals surface area contributed by atoms with Gasteiger partial charge < -0.3 is 19.3 Å². The molecule has 0 aromatic heterocycles. The molecule has 0 saturated carbocycles. The van der Waals surface area contributed by atoms with Gasteiger partial charge in [-0.05, 0) is 74.0 Å². The number of carbonyl (C=O) groups is 1. The van der Waals surface area contributed by atoms with Crippen molar-refractivity contribution in [1.82, 2.24) is 4.90 Å². The number of anilines is 1. The van der Waals surface area contributed by atoms with Crippen LogP contribution in [-0.4, -0.2) is 43.6 Å². The van der Waals surface area contributed by atoms with Crippen LogP contribution in [0.2, 0.25) is 0 Å². The lowest BCUT2D eigenvalue weighted by Gasteiger charge is -2.36. The van der Waals surface area contributed by atoms with E-state index in [1.807, 2.05) is 61.2 Å². The van der Waals surface area contributed by atoms with E-state index in [4.69, 9.17) is 9.47 Å². The Morgan fingerprint density at radius 1 is 0.939 bits per heavy atom. The van der Waals surface area contributed by atoms with Gasteiger partial charge in [-0.15, -0.1) is 0 Å². The number of rotatable bonds is 7. The maximum Gasteiger partial charge on any atom is 0.253 e. The van der Waals surface area contributed by atoms with Gasteiger partial charge in [0.25, 0.3) is 5.91 Å². The van der Waals surface area contributed by atoms with Gasteiger partial charge in [-0.3, -0.25) is 4.79 Å². The first kappa shape index (κ1) is 22.6. The van der Waals surface area contributed by atoms with E-state index in [-0.39, 0.29) is 11.7 Å². The predicted octanol–water partition coefficient (Wildman–Crippen LogP) is 5.07. The molecule has 0 N–H and O–H groups in total. The highest BCUT2D eigenvalue weighted by Gasteiger charge is 2.23. The molecule has 1 aliphatic rings. The van der Waals surface area contributed by atoms with Crippen LogP contribution in [-0.2, 0) is 6.61 Å². The minimum absolute atomic E-state index is 0.00592. The Hall–Kier alpha value is -3.54. The van der Waals surface area contributed by atoms with E-state index in [0.717, 1.165) is 28.3 Å². The summed E-state index contributed by atoms with van der Waals surface area (Å²) in [5, 5.41) is 0. The molecule has 3 aromatic carbocycles. The Bertz CT molecular complexity index is 1090. The van der Waals surface area contributed by atoms with Crippen LogP contribution >= 0.6 is 0 Å². The van der Waals surface area contributed by atoms with Gasteiger partial charge in [-0.25, -0.2) is 4.39 Å². The normalized spacial score (nSPS) is 13.7. The number of amides is 1. The maximum absolute atomic E-state index is 13.2. The molecule has 0 atom stereocenters. The molecule has 0 spiro atoms. The van der Waals surface area contributed by atoms with Gasteiger partial charge in [0.15, 0.2) is 0 Å². The van der Waals surface area contributed by atoms with Crippen LogP contribution in [0.25, 0.3) is 0 Å². The smallest absolute Gasteiger partial charge is 0.253 e. The fraction of sp³-hybridized carbons (Fsp3) is 0.296. The van der Waals surface area contributed by atoms with Crippen molar-refractivity contribution in [2.45, 2.75) is 20.5 Å². The summed E-state index contributed by atoms with van der Waals surface area (Å²) in [6.45, 7) is 7.44. The van der Waals surface area contributed by atoms with Crippen molar-refractivity contribution in [3.05, 3.63) is 89.2 Å². The summed E-state index contributed by atoms with van der Waals surface area (Å²) >= 11 is 0. The first-order valence-corrected chi connectivity index (χ1v) is 11.3. The molecule has 3 aromatic rings. The Morgan fingerprint density at radius 3 is 2.39 bits per heavy atom. The fourth-order valence-electron chi connectivity index (χ4n) is 3.99. The zero-order valence-electron chi connectivity index (χ0n) is 19.1. The lowest BCUT2D eigenvalue weighted by Crippen LogP contribution is -2.48. The largest absolute Gasteiger partial charge is 0.493 e. The number of hydrogen-bond donors (Lipinski definition) is 0. The summed E-state index contributed by atoms with van der Waals surface area (Å²) in [5.74, 6) is 1.26. The van der Waals surface area contributed by atoms with Gasteiger partial charge in [-0.2, -0.15) is 0 Å². The van der Waals surface area contributed by atoms with Gasteiger partial charge in [0.05, 0.1) is 6.61 Å². The van der Waals surface area contributed by atoms with Gasteiger partial charge in [0, 0.05) is 43.0 Å². The molecule has 6 heteroatoms. The topological polar surface area (TPSA) is 42.0 Å². The second kappa shape index (κ2) is 10.4. The molecule has 5 nitrogen and oxygen atoms in total. The highest BCUT2D eigenvalue weighted by molar-refractivity contribution is 5.94. The molecule has 172 valence electrons. The van der Waals surface area contributed by atoms with Crippen molar-refractivity contribution in [3.8, 4) is 11.5 Å². The predicted molar refractivity (Wildman–Crippen MR) is 128 cm³/mol. The highest BCUT2D eigenvalue weighted by Crippen LogP contribution is 2.25. The molecule has 0 radical (unpaired) electrons. The molecule has 4 rings (SSSR count). The fourth-order valence-corrected chi connectivity index (χ4v) is 3.99. The molecule has 0 unspecified atom stereocenters. The number of carbonyl (C=O) groups excluding carboxylic acids is 1. The Balaban J connectivity index is 1.43. The molecule has 33 heavy (non-hydrogen) atoms. The third kappa shape index (κ3) is 5.64. The Kier molecular flexibility index (Phi) is 7.13. The van der Waals surface area contributed by atoms with Crippen LogP contribution in [0.15, 0.2) is 66.7 Å². The third-order valence-corrected chi connectivity index (χ3v) is 5.75. The van der Waals surface area contributed by atoms with Crippen LogP contribution in [0.4, 0.5) is 10.1 Å². The van der Waals surface area contributed by atoms with Crippen LogP contribution in [0.3, 0.4) is 0 Å². The van der Waals surface area contributed by atoms with Gasteiger partial charge in [0.2, 0.25) is 0 Å². The van der Waals surface area contributed by atoms with Gasteiger partial charge in [0.1, 0.15) is 23.9 Å². The molecule has 1 saturated heterocycles. The summed E-state index contributed by atoms with van der Waals surface area (Å²) < 4.78 is 24.9. The first-order valence-electron chi connectivity index (χ1n) is 11.3. The number of aryl methyl sites for hydroxylation is 1. The van der Waals surface area contributed by atoms with Crippen molar-refractivity contribution in [1.29, 1.82) is 0 Å². The van der Waals surface area contributed by atoms with E-state index in [1.54, 1.807) is 12.1 Å². The van der Waals surface area contributed by atoms with Crippen LogP contribution < -0.4 is 14.4 Å². The summed E-state index contributed by atoms with van der Waals surface area (Å²) in [6, 6.07) is 19.9. The van der Waals surface area contributed by atoms with Crippen LogP contribution in [0, 0.1) is 12.7 Å². The van der Waals surface area contributed by atoms with Crippen molar-refractivity contribution in [2.75, 3.05) is 37.7 Å². The third-order valence-electron chi connectivity index (χ3n) is 5.75. The van der Waals surface area contributed by atoms with Crippen molar-refractivity contribution >= 4 is 11.6 Å². The number of halogens is 1. The van der Waals surface area contributed by atoms with Gasteiger partial charge in [-0.1, -0.05) is 12.1 Å². The van der Waals surface area contributed by atoms with E-state index in [9.17, 15) is 9.18 Å². The summed E-state index contributed by atoms with van der Waals surface area (Å²) in [6.07, 6.45) is 0. The molecule has 1 amide bonds. The SMILES string of the molecule is CCOc1ccc(C(=O)N2CCN(c3ccc(F)cc3)CC2)cc1COc1cccc(C)c1. The second-order valence-electron chi connectivity index (χ2n) is 8.12. The lowest BCUT2D eigenvalue weighted by molar-refractivity contribution is 0.0746. The Morgan fingerprint density at radius 2 is 1.70 bits per heavy atom. The number of hydrogen-bond acceptors (Lipinski definition) is 4. The van der Waals surface area contributed by atoms with Crippen molar-refractivity contribution in [3.63, 3.8) is 0 Å². The maximum atomic E-state index is 13.2. The molecular weight excluding hydrogens is 419 g/mol. The van der Waals surface area contributed by atoms with Crippen LogP contribution in [0.5, 0.6) is 11.5 Å². The zero-order chi connectivity index (χ0) is 23.2. The summed E-state index contributed by atoms with van der Waals surface area (Å²) in [5.41, 5.74) is 3.56. The average molecular weight is 449 g/mol. The van der Waals surface area contributed by atoms with Gasteiger partial charge >= 0.3 is 0 Å². The van der Waals surface area contributed by atoms with E-state index in [2.05, 4.69) is 4.90 Å². The van der Waals surface area contributed by atoms with E-state index in [1.165, 1.54) is 12.1 Å². The Labute approximate surface area is 194 Å². The number of nitrogens with zero attached hydrogens (tertiary/aromatic N) is 2. The second-order valence-corrected chi connectivity index (χ2v) is 8.12. The van der Waals surface area contributed by atoms with E-state index >= 15 is 0 Å². The average Bonchev–Trinajstić information content (AvgIpc) is 2.84. The standard InChI is InChI=1S/C27H29FN2O3/c1-3-32-26-12-7-21(18-22(26)19-33-25-6-4-5-20(2)17-25)27(31)30-15-13-29(14-16-30)24-10-8-23(28)9-11-24/h4-12,17-18H,3,13-16,19H2,1-2H3. The number of ether oxygens (including phenoxy) is 2. The summed E-state index contributed by atoms with van der Waals surface area (Å²) in [4.78, 5) is 17.2. The lowest BCUT2D eigenvalue weighted by atomic mass is 10.1. The molecule has 1 fully saturated rings. The monoisotopic (exact) mass is 448 g/mol. The van der Waals surface area contributed by atoms with E-state index in [0.29, 0.717) is 45.0 Å². The zero-order valence-corrected chi connectivity index (χ0v) is 19.1. The van der Waals surface area contributed by atoms with Crippen molar-refractivity contribution in [2.24, 2.45) is 0 Å². The number of benzene rings is 3. The molecular formula is C27H29FN2O3. The molecule has 1 aliphatic heterocycles. The first-order chi connectivity index (χ1) is 16.0. The molecule has 1 heterocycles. The van der Waals surface area contributed by atoms with E-state index < -0.39 is 0 Å². The highest BCUT2D eigenvalue weighted by atomic mass is 19.1. The number of piperazine rings is 1. The molecule has 0 bridgehead atoms. The van der Waals surface area contributed by atoms with Crippen molar-refractivity contribution < 1.29 is 18.7 Å². The van der Waals surface area contributed by atoms with Crippen LogP contribution in [0.1, 0.15) is 28.4 Å². The molecule has 0 aliphatic carbocycles. The minimum atomic E-state index is -0.245.